The molecule has 1 heterocycles. The first-order valence-electron chi connectivity index (χ1n) is 8.09. The molecule has 0 amide bonds. The highest BCUT2D eigenvalue weighted by Crippen LogP contribution is 2.30. The van der Waals surface area contributed by atoms with Gasteiger partial charge in [-0.25, -0.2) is 0 Å². The Balaban J connectivity index is 1.56. The molecule has 3 rings (SSSR count). The number of likely N-dealkylation sites (tertiary alicyclic amines) is 1. The molecule has 2 aromatic rings. The van der Waals surface area contributed by atoms with Crippen LogP contribution in [0.15, 0.2) is 47.5 Å². The van der Waals surface area contributed by atoms with Crippen molar-refractivity contribution in [3.63, 3.8) is 0 Å². The maximum atomic E-state index is 9.97. The van der Waals surface area contributed by atoms with Crippen LogP contribution < -0.4 is 0 Å². The smallest absolute Gasteiger partial charge is 0.143 e. The summed E-state index contributed by atoms with van der Waals surface area (Å²) in [4.78, 5) is 7.06. The Bertz CT molecular complexity index is 711. The Morgan fingerprint density at radius 1 is 1.12 bits per heavy atom. The lowest BCUT2D eigenvalue weighted by Crippen LogP contribution is -2.34. The van der Waals surface area contributed by atoms with Crippen LogP contribution in [0.3, 0.4) is 0 Å². The quantitative estimate of drug-likeness (QED) is 0.794. The van der Waals surface area contributed by atoms with E-state index in [1.165, 1.54) is 11.6 Å². The molecular formula is C19H20Cl2N2O. The number of phenolic OH excluding ortho intramolecular Hbond substituents is 1. The third kappa shape index (κ3) is 4.50. The molecule has 2 aromatic carbocycles. The van der Waals surface area contributed by atoms with Gasteiger partial charge in [0.05, 0.1) is 11.1 Å². The van der Waals surface area contributed by atoms with Crippen molar-refractivity contribution in [2.45, 2.75) is 25.4 Å². The van der Waals surface area contributed by atoms with Crippen molar-refractivity contribution in [1.29, 1.82) is 0 Å². The molecule has 1 N–H and O–H groups in total. The number of halogens is 2. The van der Waals surface area contributed by atoms with Crippen molar-refractivity contribution in [3.8, 4) is 5.75 Å². The fraction of sp³-hybridized carbons (Fsp3) is 0.316. The zero-order valence-electron chi connectivity index (χ0n) is 13.3. The van der Waals surface area contributed by atoms with Crippen LogP contribution in [-0.4, -0.2) is 35.4 Å². The van der Waals surface area contributed by atoms with Gasteiger partial charge in [0, 0.05) is 36.4 Å². The molecule has 0 spiro atoms. The fourth-order valence-corrected chi connectivity index (χ4v) is 3.45. The third-order valence-electron chi connectivity index (χ3n) is 4.29. The van der Waals surface area contributed by atoms with E-state index in [-0.39, 0.29) is 16.8 Å². The molecule has 0 aliphatic carbocycles. The Hall–Kier alpha value is -1.55. The summed E-state index contributed by atoms with van der Waals surface area (Å²) in [7, 11) is 0. The number of rotatable bonds is 4. The van der Waals surface area contributed by atoms with Gasteiger partial charge in [-0.05, 0) is 30.5 Å². The molecule has 3 nitrogen and oxygen atoms in total. The number of hydrogen-bond donors (Lipinski definition) is 1. The lowest BCUT2D eigenvalue weighted by atomic mass is 10.0. The van der Waals surface area contributed by atoms with Crippen molar-refractivity contribution in [2.24, 2.45) is 4.99 Å². The molecule has 1 aliphatic rings. The van der Waals surface area contributed by atoms with Crippen molar-refractivity contribution in [1.82, 2.24) is 4.90 Å². The molecule has 0 bridgehead atoms. The van der Waals surface area contributed by atoms with Gasteiger partial charge >= 0.3 is 0 Å². The number of nitrogens with zero attached hydrogens (tertiary/aromatic N) is 2. The van der Waals surface area contributed by atoms with Crippen molar-refractivity contribution in [3.05, 3.63) is 63.6 Å². The van der Waals surface area contributed by atoms with Crippen LogP contribution in [0.2, 0.25) is 10.0 Å². The van der Waals surface area contributed by atoms with E-state index in [4.69, 9.17) is 23.2 Å². The number of piperidine rings is 1. The second-order valence-electron chi connectivity index (χ2n) is 6.10. The molecule has 0 atom stereocenters. The molecule has 0 saturated carbocycles. The van der Waals surface area contributed by atoms with Crippen LogP contribution in [0.25, 0.3) is 0 Å². The second-order valence-corrected chi connectivity index (χ2v) is 6.94. The van der Waals surface area contributed by atoms with Crippen LogP contribution in [0.1, 0.15) is 24.0 Å². The van der Waals surface area contributed by atoms with Gasteiger partial charge in [0.1, 0.15) is 5.75 Å². The van der Waals surface area contributed by atoms with Gasteiger partial charge in [-0.15, -0.1) is 0 Å². The van der Waals surface area contributed by atoms with Crippen LogP contribution in [-0.2, 0) is 6.54 Å². The van der Waals surface area contributed by atoms with E-state index in [9.17, 15) is 5.11 Å². The van der Waals surface area contributed by atoms with Gasteiger partial charge in [0.15, 0.2) is 0 Å². The molecule has 5 heteroatoms. The number of aromatic hydroxyl groups is 1. The highest BCUT2D eigenvalue weighted by atomic mass is 35.5. The van der Waals surface area contributed by atoms with Crippen LogP contribution in [0.4, 0.5) is 0 Å². The first-order valence-corrected chi connectivity index (χ1v) is 8.85. The molecule has 1 saturated heterocycles. The minimum Gasteiger partial charge on any atom is -0.506 e. The molecule has 0 radical (unpaired) electrons. The van der Waals surface area contributed by atoms with E-state index in [1.807, 2.05) is 6.07 Å². The molecule has 126 valence electrons. The van der Waals surface area contributed by atoms with Gasteiger partial charge in [0.25, 0.3) is 0 Å². The van der Waals surface area contributed by atoms with Gasteiger partial charge in [0.2, 0.25) is 0 Å². The van der Waals surface area contributed by atoms with Crippen molar-refractivity contribution in [2.75, 3.05) is 13.1 Å². The summed E-state index contributed by atoms with van der Waals surface area (Å²) in [6.45, 7) is 3.04. The van der Waals surface area contributed by atoms with Crippen LogP contribution >= 0.6 is 23.2 Å². The fourth-order valence-electron chi connectivity index (χ4n) is 2.94. The minimum atomic E-state index is 0.0336. The van der Waals surface area contributed by atoms with Gasteiger partial charge in [-0.1, -0.05) is 53.5 Å². The average molecular weight is 363 g/mol. The highest BCUT2D eigenvalue weighted by Gasteiger charge is 2.18. The number of phenols is 1. The molecule has 0 aromatic heterocycles. The van der Waals surface area contributed by atoms with Crippen molar-refractivity contribution < 1.29 is 5.11 Å². The normalized spacial score (nSPS) is 16.8. The zero-order valence-corrected chi connectivity index (χ0v) is 14.8. The summed E-state index contributed by atoms with van der Waals surface area (Å²) >= 11 is 11.9. The molecule has 1 aliphatic heterocycles. The maximum absolute atomic E-state index is 9.97. The summed E-state index contributed by atoms with van der Waals surface area (Å²) < 4.78 is 0. The van der Waals surface area contributed by atoms with Gasteiger partial charge < -0.3 is 5.11 Å². The average Bonchev–Trinajstić information content (AvgIpc) is 2.59. The Labute approximate surface area is 152 Å². The number of hydrogen-bond acceptors (Lipinski definition) is 3. The summed E-state index contributed by atoms with van der Waals surface area (Å²) in [6, 6.07) is 14.0. The molecule has 1 fully saturated rings. The topological polar surface area (TPSA) is 35.8 Å². The zero-order chi connectivity index (χ0) is 16.9. The molecular weight excluding hydrogens is 343 g/mol. The van der Waals surface area contributed by atoms with E-state index < -0.39 is 0 Å². The highest BCUT2D eigenvalue weighted by molar-refractivity contribution is 6.36. The second kappa shape index (κ2) is 8.02. The maximum Gasteiger partial charge on any atom is 0.143 e. The number of aliphatic imine (C=N–C) groups is 1. The molecule has 24 heavy (non-hydrogen) atoms. The summed E-state index contributed by atoms with van der Waals surface area (Å²) in [6.07, 6.45) is 3.71. The lowest BCUT2D eigenvalue weighted by molar-refractivity contribution is 0.206. The Morgan fingerprint density at radius 2 is 1.83 bits per heavy atom. The van der Waals surface area contributed by atoms with Gasteiger partial charge in [-0.3, -0.25) is 9.89 Å². The summed E-state index contributed by atoms with van der Waals surface area (Å²) in [5.74, 6) is 0.0336. The lowest BCUT2D eigenvalue weighted by Gasteiger charge is -2.30. The first kappa shape index (κ1) is 17.3. The largest absolute Gasteiger partial charge is 0.506 e. The van der Waals surface area contributed by atoms with E-state index in [2.05, 4.69) is 34.2 Å². The first-order chi connectivity index (χ1) is 11.6. The monoisotopic (exact) mass is 362 g/mol. The molecule has 0 unspecified atom stereocenters. The summed E-state index contributed by atoms with van der Waals surface area (Å²) in [5, 5.41) is 10.7. The SMILES string of the molecule is Oc1c(Cl)cc(Cl)cc1C=NC1CCN(Cc2ccccc2)CC1. The third-order valence-corrected chi connectivity index (χ3v) is 4.79. The minimum absolute atomic E-state index is 0.0336. The van der Waals surface area contributed by atoms with E-state index in [0.29, 0.717) is 10.6 Å². The van der Waals surface area contributed by atoms with E-state index >= 15 is 0 Å². The Kier molecular flexibility index (Phi) is 5.77. The predicted molar refractivity (Wildman–Crippen MR) is 100 cm³/mol. The number of benzene rings is 2. The van der Waals surface area contributed by atoms with E-state index in [1.54, 1.807) is 12.3 Å². The van der Waals surface area contributed by atoms with Gasteiger partial charge in [-0.2, -0.15) is 0 Å². The summed E-state index contributed by atoms with van der Waals surface area (Å²) in [5.41, 5.74) is 1.91. The van der Waals surface area contributed by atoms with Crippen LogP contribution in [0, 0.1) is 0 Å². The van der Waals surface area contributed by atoms with Crippen LogP contribution in [0.5, 0.6) is 5.75 Å². The standard InChI is InChI=1S/C19H20Cl2N2O/c20-16-10-15(19(24)18(21)11-16)12-22-17-6-8-23(9-7-17)13-14-4-2-1-3-5-14/h1-5,10-12,17,24H,6-9,13H2. The van der Waals surface area contributed by atoms with E-state index in [0.717, 1.165) is 32.5 Å². The predicted octanol–water partition coefficient (Wildman–Crippen LogP) is 4.78. The van der Waals surface area contributed by atoms with Crippen molar-refractivity contribution >= 4 is 29.4 Å². The Morgan fingerprint density at radius 3 is 2.54 bits per heavy atom.